The van der Waals surface area contributed by atoms with Gasteiger partial charge in [-0.05, 0) is 94.5 Å². The number of halogens is 6. The van der Waals surface area contributed by atoms with Crippen LogP contribution in [0.4, 0.5) is 52.1 Å². The van der Waals surface area contributed by atoms with Gasteiger partial charge in [-0.15, -0.1) is 0 Å². The molecular formula is C31H35F6N3O6. The molecule has 2 aromatic carbocycles. The molecule has 15 heteroatoms. The monoisotopic (exact) mass is 659 g/mol. The summed E-state index contributed by atoms with van der Waals surface area (Å²) in [5.41, 5.74) is -2.51. The molecule has 2 atom stereocenters. The van der Waals surface area contributed by atoms with Crippen LogP contribution in [-0.4, -0.2) is 55.1 Å². The number of benzene rings is 2. The molecular weight excluding hydrogens is 624 g/mol. The second-order valence-electron chi connectivity index (χ2n) is 12.1. The lowest BCUT2D eigenvalue weighted by molar-refractivity contribution is -0.143. The van der Waals surface area contributed by atoms with Crippen LogP contribution in [0, 0.1) is 0 Å². The number of hydrogen-bond donors (Lipinski definition) is 0. The minimum absolute atomic E-state index is 0.0148. The first kappa shape index (κ1) is 34.7. The predicted molar refractivity (Wildman–Crippen MR) is 154 cm³/mol. The van der Waals surface area contributed by atoms with Gasteiger partial charge < -0.3 is 14.2 Å². The number of carbonyl (C=O) groups excluding carboxylic acids is 3. The Labute approximate surface area is 262 Å². The lowest BCUT2D eigenvalue weighted by Crippen LogP contribution is -2.47. The molecule has 2 aliphatic heterocycles. The van der Waals surface area contributed by atoms with Crippen molar-refractivity contribution in [2.75, 3.05) is 30.1 Å². The van der Waals surface area contributed by atoms with Crippen molar-refractivity contribution < 1.29 is 54.9 Å². The molecule has 2 heterocycles. The lowest BCUT2D eigenvalue weighted by atomic mass is 9.88. The summed E-state index contributed by atoms with van der Waals surface area (Å²) in [6.45, 7) is 8.04. The van der Waals surface area contributed by atoms with Crippen molar-refractivity contribution in [3.05, 3.63) is 58.1 Å². The van der Waals surface area contributed by atoms with Gasteiger partial charge in [-0.25, -0.2) is 14.4 Å². The number of amides is 3. The Morgan fingerprint density at radius 2 is 1.52 bits per heavy atom. The largest absolute Gasteiger partial charge is 0.453 e. The minimum Gasteiger partial charge on any atom is -0.453 e. The van der Waals surface area contributed by atoms with E-state index in [2.05, 4.69) is 0 Å². The number of alkyl halides is 6. The van der Waals surface area contributed by atoms with E-state index < -0.39 is 71.6 Å². The van der Waals surface area contributed by atoms with Gasteiger partial charge in [0, 0.05) is 19.1 Å². The number of methoxy groups -OCH3 is 1. The molecule has 0 aliphatic carbocycles. The van der Waals surface area contributed by atoms with Gasteiger partial charge in [0.1, 0.15) is 5.60 Å². The summed E-state index contributed by atoms with van der Waals surface area (Å²) in [7, 11) is 1.04. The number of hydrogen-bond acceptors (Lipinski definition) is 6. The van der Waals surface area contributed by atoms with Crippen molar-refractivity contribution in [1.29, 1.82) is 0 Å². The van der Waals surface area contributed by atoms with Crippen LogP contribution in [0.25, 0.3) is 0 Å². The van der Waals surface area contributed by atoms with E-state index in [1.54, 1.807) is 46.8 Å². The van der Waals surface area contributed by atoms with Gasteiger partial charge >= 0.3 is 30.6 Å². The lowest BCUT2D eigenvalue weighted by Gasteiger charge is -2.43. The molecule has 3 amide bonds. The summed E-state index contributed by atoms with van der Waals surface area (Å²) in [4.78, 5) is 43.2. The Balaban J connectivity index is 1.86. The van der Waals surface area contributed by atoms with Gasteiger partial charge in [0.05, 0.1) is 42.3 Å². The molecule has 0 N–H and O–H groups in total. The molecule has 4 rings (SSSR count). The van der Waals surface area contributed by atoms with E-state index in [0.29, 0.717) is 35.4 Å². The topological polar surface area (TPSA) is 88.6 Å². The molecule has 0 bridgehead atoms. The van der Waals surface area contributed by atoms with Gasteiger partial charge in [-0.1, -0.05) is 0 Å². The van der Waals surface area contributed by atoms with Crippen LogP contribution >= 0.6 is 0 Å². The first-order valence-electron chi connectivity index (χ1n) is 14.5. The zero-order valence-corrected chi connectivity index (χ0v) is 26.1. The van der Waals surface area contributed by atoms with Gasteiger partial charge in [-0.3, -0.25) is 14.7 Å². The zero-order valence-electron chi connectivity index (χ0n) is 26.1. The highest BCUT2D eigenvalue weighted by atomic mass is 19.4. The van der Waals surface area contributed by atoms with E-state index in [9.17, 15) is 40.7 Å². The molecule has 0 saturated heterocycles. The zero-order chi connectivity index (χ0) is 34.4. The van der Waals surface area contributed by atoms with E-state index in [4.69, 9.17) is 14.2 Å². The van der Waals surface area contributed by atoms with Crippen LogP contribution in [0.15, 0.2) is 30.3 Å². The molecule has 0 radical (unpaired) electrons. The maximum atomic E-state index is 13.6. The fourth-order valence-electron chi connectivity index (χ4n) is 5.71. The van der Waals surface area contributed by atoms with Crippen molar-refractivity contribution in [2.24, 2.45) is 0 Å². The number of rotatable bonds is 4. The molecule has 0 saturated carbocycles. The van der Waals surface area contributed by atoms with E-state index in [1.165, 1.54) is 9.80 Å². The Kier molecular flexibility index (Phi) is 9.47. The third-order valence-electron chi connectivity index (χ3n) is 7.61. The molecule has 0 aromatic heterocycles. The smallest absolute Gasteiger partial charge is 0.416 e. The summed E-state index contributed by atoms with van der Waals surface area (Å²) in [6, 6.07) is 2.79. The second-order valence-corrected chi connectivity index (χ2v) is 12.1. The normalized spacial score (nSPS) is 18.1. The van der Waals surface area contributed by atoms with Crippen molar-refractivity contribution in [1.82, 2.24) is 4.90 Å². The van der Waals surface area contributed by atoms with Crippen molar-refractivity contribution in [3.63, 3.8) is 0 Å². The maximum absolute atomic E-state index is 13.6. The average molecular weight is 660 g/mol. The number of ether oxygens (including phenoxy) is 3. The molecule has 0 fully saturated rings. The SMILES string of the molecule is CCOC(=O)N1c2cc3c(cc2[C@@H](N(Cc2cc(C(F)(F)F)cc(C(F)(F)F)c2)C(=O)OC)C[C@H]1C)CCN3C(=O)OC(C)(C)C. The third-order valence-corrected chi connectivity index (χ3v) is 7.61. The Morgan fingerprint density at radius 3 is 2.04 bits per heavy atom. The maximum Gasteiger partial charge on any atom is 0.416 e. The molecule has 252 valence electrons. The van der Waals surface area contributed by atoms with Crippen LogP contribution in [0.1, 0.15) is 74.9 Å². The highest BCUT2D eigenvalue weighted by molar-refractivity contribution is 5.96. The molecule has 46 heavy (non-hydrogen) atoms. The van der Waals surface area contributed by atoms with Gasteiger partial charge in [0.25, 0.3) is 0 Å². The first-order valence-corrected chi connectivity index (χ1v) is 14.5. The quantitative estimate of drug-likeness (QED) is 0.244. The van der Waals surface area contributed by atoms with Crippen molar-refractivity contribution in [2.45, 2.75) is 84.0 Å². The number of fused-ring (bicyclic) bond motifs is 2. The standard InChI is InChI=1S/C31H35F6N3O6/c1-7-45-28(43)40-17(2)10-24(22-13-19-8-9-38(23(19)15-25(22)40)27(42)46-29(3,4)5)39(26(41)44-6)16-18-11-20(30(32,33)34)14-21(12-18)31(35,36)37/h11-15,17,24H,7-10,16H2,1-6H3/t17-,24+/m1/s1. The Morgan fingerprint density at radius 1 is 0.913 bits per heavy atom. The van der Waals surface area contributed by atoms with E-state index in [1.807, 2.05) is 0 Å². The molecule has 2 aromatic rings. The van der Waals surface area contributed by atoms with Gasteiger partial charge in [-0.2, -0.15) is 26.3 Å². The van der Waals surface area contributed by atoms with Crippen LogP contribution in [0.5, 0.6) is 0 Å². The van der Waals surface area contributed by atoms with Gasteiger partial charge in [0.2, 0.25) is 0 Å². The summed E-state index contributed by atoms with van der Waals surface area (Å²) in [6.07, 6.45) is -12.1. The van der Waals surface area contributed by atoms with E-state index in [-0.39, 0.29) is 31.3 Å². The fourth-order valence-corrected chi connectivity index (χ4v) is 5.71. The van der Waals surface area contributed by atoms with Crippen LogP contribution in [0.3, 0.4) is 0 Å². The number of carbonyl (C=O) groups is 3. The van der Waals surface area contributed by atoms with Gasteiger partial charge in [0.15, 0.2) is 0 Å². The van der Waals surface area contributed by atoms with Crippen molar-refractivity contribution >= 4 is 29.7 Å². The fraction of sp³-hybridized carbons (Fsp3) is 0.516. The van der Waals surface area contributed by atoms with Crippen LogP contribution in [0.2, 0.25) is 0 Å². The highest BCUT2D eigenvalue weighted by Gasteiger charge is 2.43. The molecule has 2 aliphatic rings. The van der Waals surface area contributed by atoms with Crippen LogP contribution in [-0.2, 0) is 39.5 Å². The number of nitrogens with zero attached hydrogens (tertiary/aromatic N) is 3. The van der Waals surface area contributed by atoms with Crippen LogP contribution < -0.4 is 9.80 Å². The summed E-state index contributed by atoms with van der Waals surface area (Å²) < 4.78 is 97.6. The summed E-state index contributed by atoms with van der Waals surface area (Å²) in [5.74, 6) is 0. The Hall–Kier alpha value is -4.17. The third kappa shape index (κ3) is 7.28. The molecule has 0 unspecified atom stereocenters. The number of anilines is 2. The highest BCUT2D eigenvalue weighted by Crippen LogP contribution is 2.46. The molecule has 9 nitrogen and oxygen atoms in total. The van der Waals surface area contributed by atoms with E-state index >= 15 is 0 Å². The average Bonchev–Trinajstić information content (AvgIpc) is 3.35. The second kappa shape index (κ2) is 12.6. The summed E-state index contributed by atoms with van der Waals surface area (Å²) >= 11 is 0. The molecule has 0 spiro atoms. The van der Waals surface area contributed by atoms with Crippen molar-refractivity contribution in [3.8, 4) is 0 Å². The summed E-state index contributed by atoms with van der Waals surface area (Å²) in [5, 5.41) is 0. The predicted octanol–water partition coefficient (Wildman–Crippen LogP) is 8.09. The first-order chi connectivity index (χ1) is 21.2. The minimum atomic E-state index is -5.08. The van der Waals surface area contributed by atoms with E-state index in [0.717, 1.165) is 12.0 Å². The Bertz CT molecular complexity index is 1470.